The number of halogens is 1. The van der Waals surface area contributed by atoms with E-state index in [1.165, 1.54) is 12.1 Å². The Balaban J connectivity index is 2.30. The molecule has 0 unspecified atom stereocenters. The predicted molar refractivity (Wildman–Crippen MR) is 83.3 cm³/mol. The van der Waals surface area contributed by atoms with Gasteiger partial charge in [0.15, 0.2) is 0 Å². The van der Waals surface area contributed by atoms with Crippen LogP contribution in [0.4, 0.5) is 0 Å². The van der Waals surface area contributed by atoms with Crippen molar-refractivity contribution in [3.8, 4) is 0 Å². The average Bonchev–Trinajstić information content (AvgIpc) is 2.47. The van der Waals surface area contributed by atoms with Gasteiger partial charge in [-0.25, -0.2) is 13.1 Å². The lowest BCUT2D eigenvalue weighted by Gasteiger charge is -2.19. The number of aliphatic carboxylic acids is 1. The molecular formula is C15H13BrNO4S-. The quantitative estimate of drug-likeness (QED) is 0.821. The minimum atomic E-state index is -3.83. The fourth-order valence-electron chi connectivity index (χ4n) is 1.95. The van der Waals surface area contributed by atoms with Crippen molar-refractivity contribution in [1.29, 1.82) is 0 Å². The van der Waals surface area contributed by atoms with Gasteiger partial charge < -0.3 is 9.90 Å². The minimum Gasteiger partial charge on any atom is -0.550 e. The number of hydrogen-bond donors (Lipinski definition) is 1. The summed E-state index contributed by atoms with van der Waals surface area (Å²) < 4.78 is 27.9. The summed E-state index contributed by atoms with van der Waals surface area (Å²) in [5.74, 6) is -1.33. The molecule has 2 aromatic carbocycles. The van der Waals surface area contributed by atoms with E-state index in [1.807, 2.05) is 0 Å². The topological polar surface area (TPSA) is 86.3 Å². The van der Waals surface area contributed by atoms with Gasteiger partial charge in [-0.05, 0) is 29.8 Å². The first-order chi connectivity index (χ1) is 10.4. The molecule has 116 valence electrons. The standard InChI is InChI=1S/C15H14BrNO4S/c16-12-6-8-13(9-7-12)22(20,21)17-14(10-15(18)19)11-4-2-1-3-5-11/h1-9,14,17H,10H2,(H,18,19)/p-1/t14-/m1/s1. The molecule has 1 N–H and O–H groups in total. The Bertz CT molecular complexity index is 745. The molecule has 0 aliphatic carbocycles. The van der Waals surface area contributed by atoms with Crippen LogP contribution in [-0.4, -0.2) is 14.4 Å². The summed E-state index contributed by atoms with van der Waals surface area (Å²) in [6.07, 6.45) is -0.445. The van der Waals surface area contributed by atoms with Crippen molar-refractivity contribution in [1.82, 2.24) is 4.72 Å². The molecule has 0 bridgehead atoms. The van der Waals surface area contributed by atoms with Gasteiger partial charge in [-0.1, -0.05) is 46.3 Å². The maximum Gasteiger partial charge on any atom is 0.241 e. The molecule has 0 aliphatic heterocycles. The Morgan fingerprint density at radius 2 is 1.68 bits per heavy atom. The smallest absolute Gasteiger partial charge is 0.241 e. The van der Waals surface area contributed by atoms with Crippen LogP contribution in [0, 0.1) is 0 Å². The zero-order chi connectivity index (χ0) is 16.2. The molecule has 0 aromatic heterocycles. The summed E-state index contributed by atoms with van der Waals surface area (Å²) in [5.41, 5.74) is 0.562. The van der Waals surface area contributed by atoms with E-state index in [9.17, 15) is 18.3 Å². The molecule has 2 rings (SSSR count). The van der Waals surface area contributed by atoms with Gasteiger partial charge in [0, 0.05) is 16.9 Å². The van der Waals surface area contributed by atoms with Crippen LogP contribution in [0.25, 0.3) is 0 Å². The lowest BCUT2D eigenvalue weighted by Crippen LogP contribution is -2.34. The van der Waals surface area contributed by atoms with E-state index in [-0.39, 0.29) is 4.90 Å². The molecule has 7 heteroatoms. The number of nitrogens with one attached hydrogen (secondary N) is 1. The number of benzene rings is 2. The van der Waals surface area contributed by atoms with Crippen molar-refractivity contribution < 1.29 is 18.3 Å². The van der Waals surface area contributed by atoms with E-state index in [4.69, 9.17) is 0 Å². The van der Waals surface area contributed by atoms with Crippen molar-refractivity contribution >= 4 is 31.9 Å². The second kappa shape index (κ2) is 7.04. The van der Waals surface area contributed by atoms with Gasteiger partial charge in [0.05, 0.1) is 10.9 Å². The summed E-state index contributed by atoms with van der Waals surface area (Å²) in [7, 11) is -3.83. The highest BCUT2D eigenvalue weighted by atomic mass is 79.9. The van der Waals surface area contributed by atoms with Gasteiger partial charge in [0.1, 0.15) is 0 Å². The van der Waals surface area contributed by atoms with Crippen molar-refractivity contribution in [2.75, 3.05) is 0 Å². The van der Waals surface area contributed by atoms with Crippen LogP contribution < -0.4 is 9.83 Å². The number of carboxylic acid groups (broad SMARTS) is 1. The number of carbonyl (C=O) groups is 1. The third-order valence-electron chi connectivity index (χ3n) is 2.99. The van der Waals surface area contributed by atoms with Gasteiger partial charge in [0.2, 0.25) is 10.0 Å². The summed E-state index contributed by atoms with van der Waals surface area (Å²) in [6, 6.07) is 13.7. The van der Waals surface area contributed by atoms with Crippen LogP contribution in [0.5, 0.6) is 0 Å². The normalized spacial score (nSPS) is 12.8. The predicted octanol–water partition coefficient (Wildman–Crippen LogP) is 1.61. The summed E-state index contributed by atoms with van der Waals surface area (Å²) in [6.45, 7) is 0. The van der Waals surface area contributed by atoms with Crippen LogP contribution in [0.2, 0.25) is 0 Å². The second-order valence-electron chi connectivity index (χ2n) is 4.61. The van der Waals surface area contributed by atoms with Crippen molar-refractivity contribution in [3.05, 3.63) is 64.6 Å². The highest BCUT2D eigenvalue weighted by molar-refractivity contribution is 9.10. The summed E-state index contributed by atoms with van der Waals surface area (Å²) >= 11 is 3.23. The van der Waals surface area contributed by atoms with E-state index in [2.05, 4.69) is 20.7 Å². The molecule has 0 radical (unpaired) electrons. The van der Waals surface area contributed by atoms with Crippen LogP contribution in [-0.2, 0) is 14.8 Å². The van der Waals surface area contributed by atoms with Crippen LogP contribution in [0.15, 0.2) is 64.0 Å². The number of carbonyl (C=O) groups excluding carboxylic acids is 1. The van der Waals surface area contributed by atoms with Gasteiger partial charge in [-0.2, -0.15) is 0 Å². The van der Waals surface area contributed by atoms with E-state index in [1.54, 1.807) is 42.5 Å². The van der Waals surface area contributed by atoms with Crippen LogP contribution >= 0.6 is 15.9 Å². The number of hydrogen-bond acceptors (Lipinski definition) is 4. The largest absolute Gasteiger partial charge is 0.550 e. The highest BCUT2D eigenvalue weighted by Crippen LogP contribution is 2.21. The summed E-state index contributed by atoms with van der Waals surface area (Å²) in [5, 5.41) is 10.9. The monoisotopic (exact) mass is 382 g/mol. The lowest BCUT2D eigenvalue weighted by molar-refractivity contribution is -0.306. The Labute approximate surface area is 137 Å². The Kier molecular flexibility index (Phi) is 5.33. The molecule has 2 aromatic rings. The first kappa shape index (κ1) is 16.7. The molecule has 0 heterocycles. The minimum absolute atomic E-state index is 0.0648. The van der Waals surface area contributed by atoms with Gasteiger partial charge in [-0.15, -0.1) is 0 Å². The van der Waals surface area contributed by atoms with Crippen molar-refractivity contribution in [2.45, 2.75) is 17.4 Å². The molecule has 0 spiro atoms. The first-order valence-corrected chi connectivity index (χ1v) is 8.69. The molecule has 22 heavy (non-hydrogen) atoms. The molecular weight excluding hydrogens is 370 g/mol. The SMILES string of the molecule is O=C([O-])C[C@@H](NS(=O)(=O)c1ccc(Br)cc1)c1ccccc1. The maximum atomic E-state index is 12.4. The van der Waals surface area contributed by atoms with Gasteiger partial charge in [-0.3, -0.25) is 0 Å². The van der Waals surface area contributed by atoms with E-state index in [0.717, 1.165) is 4.47 Å². The van der Waals surface area contributed by atoms with Crippen LogP contribution in [0.1, 0.15) is 18.0 Å². The molecule has 5 nitrogen and oxygen atoms in total. The molecule has 0 amide bonds. The van der Waals surface area contributed by atoms with Crippen molar-refractivity contribution in [2.24, 2.45) is 0 Å². The van der Waals surface area contributed by atoms with E-state index >= 15 is 0 Å². The molecule has 1 atom stereocenters. The first-order valence-electron chi connectivity index (χ1n) is 6.41. The Morgan fingerprint density at radius 3 is 2.23 bits per heavy atom. The lowest BCUT2D eigenvalue weighted by atomic mass is 10.1. The van der Waals surface area contributed by atoms with E-state index < -0.39 is 28.5 Å². The molecule has 0 saturated heterocycles. The molecule has 0 saturated carbocycles. The number of sulfonamides is 1. The molecule has 0 fully saturated rings. The fourth-order valence-corrected chi connectivity index (χ4v) is 3.44. The third-order valence-corrected chi connectivity index (χ3v) is 5.01. The Hall–Kier alpha value is -1.70. The van der Waals surface area contributed by atoms with Crippen molar-refractivity contribution in [3.63, 3.8) is 0 Å². The second-order valence-corrected chi connectivity index (χ2v) is 7.24. The highest BCUT2D eigenvalue weighted by Gasteiger charge is 2.21. The van der Waals surface area contributed by atoms with Crippen LogP contribution in [0.3, 0.4) is 0 Å². The summed E-state index contributed by atoms with van der Waals surface area (Å²) in [4.78, 5) is 11.0. The molecule has 0 aliphatic rings. The Morgan fingerprint density at radius 1 is 1.09 bits per heavy atom. The van der Waals surface area contributed by atoms with E-state index in [0.29, 0.717) is 5.56 Å². The third kappa shape index (κ3) is 4.40. The maximum absolute atomic E-state index is 12.4. The number of rotatable bonds is 6. The zero-order valence-corrected chi connectivity index (χ0v) is 13.8. The zero-order valence-electron chi connectivity index (χ0n) is 11.4. The van der Waals surface area contributed by atoms with Gasteiger partial charge >= 0.3 is 0 Å². The fraction of sp³-hybridized carbons (Fsp3) is 0.133. The van der Waals surface area contributed by atoms with Gasteiger partial charge in [0.25, 0.3) is 0 Å². The number of carboxylic acids is 1. The average molecular weight is 383 g/mol.